The quantitative estimate of drug-likeness (QED) is 0.835. The third-order valence-corrected chi connectivity index (χ3v) is 4.19. The van der Waals surface area contributed by atoms with E-state index in [1.54, 1.807) is 0 Å². The smallest absolute Gasteiger partial charge is 0.407 e. The van der Waals surface area contributed by atoms with E-state index in [0.29, 0.717) is 0 Å². The van der Waals surface area contributed by atoms with Gasteiger partial charge in [0.05, 0.1) is 0 Å². The molecule has 1 heterocycles. The zero-order valence-corrected chi connectivity index (χ0v) is 17.2. The van der Waals surface area contributed by atoms with Gasteiger partial charge in [-0.25, -0.2) is 4.79 Å². The van der Waals surface area contributed by atoms with Gasteiger partial charge in [-0.15, -0.1) is 0 Å². The largest absolute Gasteiger partial charge is 0.444 e. The summed E-state index contributed by atoms with van der Waals surface area (Å²) < 4.78 is 5.34. The lowest BCUT2D eigenvalue weighted by molar-refractivity contribution is 0.0477. The van der Waals surface area contributed by atoms with Crippen molar-refractivity contribution < 1.29 is 9.53 Å². The molecule has 2 rings (SSSR count). The Morgan fingerprint density at radius 2 is 1.65 bits per heavy atom. The van der Waals surface area contributed by atoms with E-state index in [0.717, 1.165) is 38.2 Å². The number of hydrogen-bond acceptors (Lipinski definition) is 4. The molecule has 1 aromatic rings. The minimum absolute atomic E-state index is 0.0739. The zero-order chi connectivity index (χ0) is 19.4. The fourth-order valence-electron chi connectivity index (χ4n) is 3.09. The molecule has 1 fully saturated rings. The summed E-state index contributed by atoms with van der Waals surface area (Å²) in [4.78, 5) is 14.3. The van der Waals surface area contributed by atoms with Gasteiger partial charge in [-0.05, 0) is 72.1 Å². The molecule has 5 heteroatoms. The predicted octanol–water partition coefficient (Wildman–Crippen LogP) is 4.39. The van der Waals surface area contributed by atoms with Crippen LogP contribution in [-0.2, 0) is 11.3 Å². The predicted molar refractivity (Wildman–Crippen MR) is 107 cm³/mol. The summed E-state index contributed by atoms with van der Waals surface area (Å²) in [6.07, 6.45) is 1.61. The number of amides is 1. The maximum Gasteiger partial charge on any atom is 0.407 e. The summed E-state index contributed by atoms with van der Waals surface area (Å²) in [5.41, 5.74) is 2.10. The van der Waals surface area contributed by atoms with Crippen LogP contribution in [0.25, 0.3) is 0 Å². The fraction of sp³-hybridized carbons (Fsp3) is 0.667. The normalized spacial score (nSPS) is 17.0. The van der Waals surface area contributed by atoms with Crippen molar-refractivity contribution in [2.75, 3.05) is 18.4 Å². The van der Waals surface area contributed by atoms with Crippen molar-refractivity contribution in [2.24, 2.45) is 0 Å². The monoisotopic (exact) mass is 361 g/mol. The standard InChI is InChI=1S/C21H35N3O2/c1-20(2,3)23-18-9-7-16(8-10-18)15-24-13-11-17(12-14-24)22-19(25)26-21(4,5)6/h7-10,17,23H,11-15H2,1-6H3,(H,22,25). The van der Waals surface area contributed by atoms with Gasteiger partial charge in [0, 0.05) is 36.9 Å². The lowest BCUT2D eigenvalue weighted by Crippen LogP contribution is -2.45. The van der Waals surface area contributed by atoms with Crippen LogP contribution in [0.5, 0.6) is 0 Å². The minimum atomic E-state index is -0.446. The van der Waals surface area contributed by atoms with Crippen LogP contribution in [0.15, 0.2) is 24.3 Å². The van der Waals surface area contributed by atoms with E-state index >= 15 is 0 Å². The van der Waals surface area contributed by atoms with Crippen LogP contribution in [0.1, 0.15) is 59.9 Å². The van der Waals surface area contributed by atoms with E-state index in [1.165, 1.54) is 5.56 Å². The van der Waals surface area contributed by atoms with Crippen LogP contribution in [0, 0.1) is 0 Å². The average molecular weight is 362 g/mol. The molecule has 1 aromatic carbocycles. The molecule has 1 saturated heterocycles. The Kier molecular flexibility index (Phi) is 6.56. The fourth-order valence-corrected chi connectivity index (χ4v) is 3.09. The molecule has 5 nitrogen and oxygen atoms in total. The van der Waals surface area contributed by atoms with Crippen LogP contribution in [-0.4, -0.2) is 41.3 Å². The Labute approximate surface area is 158 Å². The highest BCUT2D eigenvalue weighted by Gasteiger charge is 2.23. The molecule has 0 aliphatic carbocycles. The van der Waals surface area contributed by atoms with Gasteiger partial charge in [-0.2, -0.15) is 0 Å². The van der Waals surface area contributed by atoms with Crippen molar-refractivity contribution in [1.29, 1.82) is 0 Å². The highest BCUT2D eigenvalue weighted by atomic mass is 16.6. The summed E-state index contributed by atoms with van der Waals surface area (Å²) in [5.74, 6) is 0. The summed E-state index contributed by atoms with van der Waals surface area (Å²) in [6.45, 7) is 15.1. The number of benzene rings is 1. The molecule has 146 valence electrons. The lowest BCUT2D eigenvalue weighted by Gasteiger charge is -2.33. The molecule has 0 spiro atoms. The van der Waals surface area contributed by atoms with E-state index < -0.39 is 5.60 Å². The van der Waals surface area contributed by atoms with E-state index in [2.05, 4.69) is 60.6 Å². The first-order valence-corrected chi connectivity index (χ1v) is 9.59. The summed E-state index contributed by atoms with van der Waals surface area (Å²) in [7, 11) is 0. The van der Waals surface area contributed by atoms with Gasteiger partial charge >= 0.3 is 6.09 Å². The van der Waals surface area contributed by atoms with Gasteiger partial charge in [0.2, 0.25) is 0 Å². The van der Waals surface area contributed by atoms with Crippen LogP contribution < -0.4 is 10.6 Å². The Morgan fingerprint density at radius 1 is 1.08 bits per heavy atom. The summed E-state index contributed by atoms with van der Waals surface area (Å²) >= 11 is 0. The van der Waals surface area contributed by atoms with Gasteiger partial charge in [0.15, 0.2) is 0 Å². The van der Waals surface area contributed by atoms with Gasteiger partial charge in [-0.3, -0.25) is 4.90 Å². The maximum atomic E-state index is 11.9. The number of anilines is 1. The Bertz CT molecular complexity index is 577. The molecule has 0 aromatic heterocycles. The van der Waals surface area contributed by atoms with E-state index in [9.17, 15) is 4.79 Å². The molecule has 0 radical (unpaired) electrons. The first-order valence-electron chi connectivity index (χ1n) is 9.59. The number of carbonyl (C=O) groups excluding carboxylic acids is 1. The number of alkyl carbamates (subject to hydrolysis) is 1. The lowest BCUT2D eigenvalue weighted by atomic mass is 10.0. The van der Waals surface area contributed by atoms with E-state index in [1.807, 2.05) is 20.8 Å². The van der Waals surface area contributed by atoms with Crippen molar-refractivity contribution in [3.05, 3.63) is 29.8 Å². The van der Waals surface area contributed by atoms with Crippen molar-refractivity contribution in [3.8, 4) is 0 Å². The maximum absolute atomic E-state index is 11.9. The first-order chi connectivity index (χ1) is 12.0. The molecular weight excluding hydrogens is 326 g/mol. The second kappa shape index (κ2) is 8.30. The zero-order valence-electron chi connectivity index (χ0n) is 17.2. The van der Waals surface area contributed by atoms with E-state index in [4.69, 9.17) is 4.74 Å². The highest BCUT2D eigenvalue weighted by molar-refractivity contribution is 5.68. The average Bonchev–Trinajstić information content (AvgIpc) is 2.48. The second-order valence-corrected chi connectivity index (χ2v) is 9.27. The van der Waals surface area contributed by atoms with Gasteiger partial charge in [-0.1, -0.05) is 12.1 Å². The van der Waals surface area contributed by atoms with Gasteiger partial charge < -0.3 is 15.4 Å². The number of nitrogens with zero attached hydrogens (tertiary/aromatic N) is 1. The van der Waals surface area contributed by atoms with Crippen LogP contribution >= 0.6 is 0 Å². The molecule has 0 bridgehead atoms. The summed E-state index contributed by atoms with van der Waals surface area (Å²) in [6, 6.07) is 8.90. The molecule has 2 N–H and O–H groups in total. The van der Waals surface area contributed by atoms with E-state index in [-0.39, 0.29) is 17.7 Å². The number of carbonyl (C=O) groups is 1. The number of hydrogen-bond donors (Lipinski definition) is 2. The van der Waals surface area contributed by atoms with Crippen LogP contribution in [0.2, 0.25) is 0 Å². The Balaban J connectivity index is 1.75. The molecule has 0 atom stereocenters. The summed E-state index contributed by atoms with van der Waals surface area (Å²) in [5, 5.41) is 6.48. The SMILES string of the molecule is CC(C)(C)Nc1ccc(CN2CCC(NC(=O)OC(C)(C)C)CC2)cc1. The van der Waals surface area contributed by atoms with Crippen molar-refractivity contribution >= 4 is 11.8 Å². The molecule has 1 amide bonds. The van der Waals surface area contributed by atoms with Crippen molar-refractivity contribution in [2.45, 2.75) is 78.1 Å². The number of rotatable bonds is 4. The number of piperidine rings is 1. The topological polar surface area (TPSA) is 53.6 Å². The third kappa shape index (κ3) is 7.65. The van der Waals surface area contributed by atoms with Crippen molar-refractivity contribution in [3.63, 3.8) is 0 Å². The number of ether oxygens (including phenoxy) is 1. The van der Waals surface area contributed by atoms with Crippen molar-refractivity contribution in [1.82, 2.24) is 10.2 Å². The third-order valence-electron chi connectivity index (χ3n) is 4.19. The molecule has 0 unspecified atom stereocenters. The Hall–Kier alpha value is -1.75. The highest BCUT2D eigenvalue weighted by Crippen LogP contribution is 2.18. The van der Waals surface area contributed by atoms with Gasteiger partial charge in [0.1, 0.15) is 5.60 Å². The number of nitrogens with one attached hydrogen (secondary N) is 2. The molecule has 0 saturated carbocycles. The molecule has 1 aliphatic rings. The molecule has 1 aliphatic heterocycles. The van der Waals surface area contributed by atoms with Crippen LogP contribution in [0.3, 0.4) is 0 Å². The first kappa shape index (κ1) is 20.6. The van der Waals surface area contributed by atoms with Gasteiger partial charge in [0.25, 0.3) is 0 Å². The second-order valence-electron chi connectivity index (χ2n) is 9.27. The molecular formula is C21H35N3O2. The molecule has 26 heavy (non-hydrogen) atoms. The Morgan fingerprint density at radius 3 is 2.15 bits per heavy atom. The van der Waals surface area contributed by atoms with Crippen LogP contribution in [0.4, 0.5) is 10.5 Å². The minimum Gasteiger partial charge on any atom is -0.444 e. The number of likely N-dealkylation sites (tertiary alicyclic amines) is 1.